The fourth-order valence-electron chi connectivity index (χ4n) is 2.73. The molecule has 1 heterocycles. The maximum absolute atomic E-state index is 11.5. The van der Waals surface area contributed by atoms with Gasteiger partial charge in [-0.1, -0.05) is 18.2 Å². The third-order valence-corrected chi connectivity index (χ3v) is 5.80. The van der Waals surface area contributed by atoms with E-state index in [1.54, 1.807) is 0 Å². The summed E-state index contributed by atoms with van der Waals surface area (Å²) in [6.07, 6.45) is 1.59. The molecule has 6 nitrogen and oxygen atoms in total. The predicted octanol–water partition coefficient (Wildman–Crippen LogP) is 1.87. The summed E-state index contributed by atoms with van der Waals surface area (Å²) >= 11 is 0. The number of guanidine groups is 1. The molecule has 0 saturated carbocycles. The van der Waals surface area contributed by atoms with Crippen LogP contribution in [0.4, 0.5) is 5.69 Å². The molecular formula is C17H29IN4O2S. The lowest BCUT2D eigenvalue weighted by atomic mass is 10.3. The van der Waals surface area contributed by atoms with Crippen LogP contribution in [0, 0.1) is 0 Å². The lowest BCUT2D eigenvalue weighted by molar-refractivity contribution is 0.599. The van der Waals surface area contributed by atoms with Crippen LogP contribution in [0.3, 0.4) is 0 Å². The minimum absolute atomic E-state index is 0. The van der Waals surface area contributed by atoms with Gasteiger partial charge in [-0.2, -0.15) is 0 Å². The lowest BCUT2D eigenvalue weighted by Crippen LogP contribution is -2.44. The van der Waals surface area contributed by atoms with Gasteiger partial charge < -0.3 is 15.5 Å². The number of nitrogens with zero attached hydrogens (tertiary/aromatic N) is 2. The molecule has 0 amide bonds. The number of para-hydroxylation sites is 1. The summed E-state index contributed by atoms with van der Waals surface area (Å²) in [6, 6.07) is 10.2. The summed E-state index contributed by atoms with van der Waals surface area (Å²) in [4.78, 5) is 6.77. The van der Waals surface area contributed by atoms with Gasteiger partial charge in [0.05, 0.1) is 11.5 Å². The summed E-state index contributed by atoms with van der Waals surface area (Å²) in [5, 5.41) is 6.43. The maximum Gasteiger partial charge on any atom is 0.191 e. The van der Waals surface area contributed by atoms with Crippen molar-refractivity contribution in [2.45, 2.75) is 25.8 Å². The Bertz CT molecular complexity index is 637. The highest BCUT2D eigenvalue weighted by Gasteiger charge is 2.28. The zero-order valence-electron chi connectivity index (χ0n) is 14.9. The number of anilines is 1. The minimum atomic E-state index is -2.88. The van der Waals surface area contributed by atoms with Crippen molar-refractivity contribution in [2.75, 3.05) is 43.1 Å². The molecule has 8 heteroatoms. The van der Waals surface area contributed by atoms with E-state index >= 15 is 0 Å². The molecule has 1 aliphatic rings. The topological polar surface area (TPSA) is 73.8 Å². The fraction of sp³-hybridized carbons (Fsp3) is 0.588. The highest BCUT2D eigenvalue weighted by molar-refractivity contribution is 14.0. The summed E-state index contributed by atoms with van der Waals surface area (Å²) in [7, 11) is -0.800. The molecule has 0 radical (unpaired) electrons. The normalized spacial score (nSPS) is 19.1. The Labute approximate surface area is 168 Å². The first kappa shape index (κ1) is 22.0. The van der Waals surface area contributed by atoms with Gasteiger partial charge in [-0.15, -0.1) is 24.0 Å². The van der Waals surface area contributed by atoms with Crippen molar-refractivity contribution in [1.29, 1.82) is 0 Å². The second-order valence-electron chi connectivity index (χ2n) is 6.12. The first-order valence-corrected chi connectivity index (χ1v) is 10.3. The Hall–Kier alpha value is -1.03. The van der Waals surface area contributed by atoms with Crippen molar-refractivity contribution in [2.24, 2.45) is 4.99 Å². The van der Waals surface area contributed by atoms with Crippen LogP contribution in [0.5, 0.6) is 0 Å². The monoisotopic (exact) mass is 480 g/mol. The molecule has 2 N–H and O–H groups in total. The predicted molar refractivity (Wildman–Crippen MR) is 116 cm³/mol. The first-order valence-electron chi connectivity index (χ1n) is 8.51. The molecule has 1 aliphatic heterocycles. The van der Waals surface area contributed by atoms with Gasteiger partial charge in [0, 0.05) is 38.4 Å². The van der Waals surface area contributed by atoms with E-state index in [4.69, 9.17) is 0 Å². The van der Waals surface area contributed by atoms with Gasteiger partial charge in [-0.25, -0.2) is 8.42 Å². The lowest BCUT2D eigenvalue weighted by Gasteiger charge is -2.19. The van der Waals surface area contributed by atoms with Crippen LogP contribution < -0.4 is 15.5 Å². The quantitative estimate of drug-likeness (QED) is 0.270. The summed E-state index contributed by atoms with van der Waals surface area (Å²) in [5.74, 6) is 1.18. The van der Waals surface area contributed by atoms with Crippen molar-refractivity contribution in [1.82, 2.24) is 10.6 Å². The maximum atomic E-state index is 11.5. The van der Waals surface area contributed by atoms with Gasteiger partial charge in [-0.05, 0) is 31.9 Å². The average Bonchev–Trinajstić information content (AvgIpc) is 2.91. The molecule has 0 aliphatic carbocycles. The van der Waals surface area contributed by atoms with Crippen LogP contribution in [-0.4, -0.2) is 58.6 Å². The Morgan fingerprint density at radius 2 is 2.04 bits per heavy atom. The molecule has 1 atom stereocenters. The molecule has 2 rings (SSSR count). The number of hydrogen-bond acceptors (Lipinski definition) is 4. The largest absolute Gasteiger partial charge is 0.375 e. The number of nitrogens with one attached hydrogen (secondary N) is 2. The number of halogens is 1. The second kappa shape index (κ2) is 10.8. The molecular weight excluding hydrogens is 451 g/mol. The van der Waals surface area contributed by atoms with Crippen molar-refractivity contribution < 1.29 is 8.42 Å². The van der Waals surface area contributed by atoms with E-state index in [-0.39, 0.29) is 41.5 Å². The van der Waals surface area contributed by atoms with E-state index in [0.29, 0.717) is 18.9 Å². The number of rotatable bonds is 7. The smallest absolute Gasteiger partial charge is 0.191 e. The van der Waals surface area contributed by atoms with E-state index in [1.165, 1.54) is 5.69 Å². The SMILES string of the molecule is CCNC(=NCCCN(C)c1ccccc1)NC1CCS(=O)(=O)C1.I. The van der Waals surface area contributed by atoms with Crippen LogP contribution in [0.2, 0.25) is 0 Å². The first-order chi connectivity index (χ1) is 11.5. The number of hydrogen-bond donors (Lipinski definition) is 2. The van der Waals surface area contributed by atoms with Crippen LogP contribution in [0.25, 0.3) is 0 Å². The molecule has 0 aromatic heterocycles. The van der Waals surface area contributed by atoms with E-state index in [1.807, 2.05) is 25.1 Å². The van der Waals surface area contributed by atoms with Gasteiger partial charge in [-0.3, -0.25) is 4.99 Å². The summed E-state index contributed by atoms with van der Waals surface area (Å²) in [5.41, 5.74) is 1.20. The number of benzene rings is 1. The summed E-state index contributed by atoms with van der Waals surface area (Å²) < 4.78 is 23.1. The Morgan fingerprint density at radius 3 is 2.64 bits per heavy atom. The standard InChI is InChI=1S/C17H28N4O2S.HI/c1-3-18-17(20-15-10-13-24(22,23)14-15)19-11-7-12-21(2)16-8-5-4-6-9-16;/h4-6,8-9,15H,3,7,10-14H2,1-2H3,(H2,18,19,20);1H. The van der Waals surface area contributed by atoms with Gasteiger partial charge in [0.25, 0.3) is 0 Å². The van der Waals surface area contributed by atoms with Gasteiger partial charge in [0.1, 0.15) is 0 Å². The van der Waals surface area contributed by atoms with Crippen LogP contribution in [0.15, 0.2) is 35.3 Å². The van der Waals surface area contributed by atoms with Crippen molar-refractivity contribution in [3.63, 3.8) is 0 Å². The highest BCUT2D eigenvalue weighted by atomic mass is 127. The van der Waals surface area contributed by atoms with E-state index in [9.17, 15) is 8.42 Å². The van der Waals surface area contributed by atoms with E-state index in [2.05, 4.69) is 39.7 Å². The molecule has 1 unspecified atom stereocenters. The molecule has 0 spiro atoms. The Morgan fingerprint density at radius 1 is 1.32 bits per heavy atom. The third kappa shape index (κ3) is 7.81. The van der Waals surface area contributed by atoms with E-state index < -0.39 is 9.84 Å². The zero-order valence-corrected chi connectivity index (χ0v) is 18.1. The highest BCUT2D eigenvalue weighted by Crippen LogP contribution is 2.12. The molecule has 25 heavy (non-hydrogen) atoms. The summed E-state index contributed by atoms with van der Waals surface area (Å²) in [6.45, 7) is 4.39. The Balaban J connectivity index is 0.00000312. The molecule has 1 saturated heterocycles. The van der Waals surface area contributed by atoms with Gasteiger partial charge in [0.2, 0.25) is 0 Å². The van der Waals surface area contributed by atoms with Crippen molar-refractivity contribution in [3.8, 4) is 0 Å². The van der Waals surface area contributed by atoms with Crippen LogP contribution in [-0.2, 0) is 9.84 Å². The molecule has 0 bridgehead atoms. The zero-order chi connectivity index (χ0) is 17.4. The number of sulfone groups is 1. The molecule has 142 valence electrons. The van der Waals surface area contributed by atoms with Crippen molar-refractivity contribution >= 4 is 45.5 Å². The molecule has 1 aromatic rings. The fourth-order valence-corrected chi connectivity index (χ4v) is 4.41. The second-order valence-corrected chi connectivity index (χ2v) is 8.34. The van der Waals surface area contributed by atoms with Crippen LogP contribution in [0.1, 0.15) is 19.8 Å². The van der Waals surface area contributed by atoms with E-state index in [0.717, 1.165) is 19.5 Å². The molecule has 1 aromatic carbocycles. The molecule has 1 fully saturated rings. The Kier molecular flexibility index (Phi) is 9.55. The third-order valence-electron chi connectivity index (χ3n) is 4.04. The van der Waals surface area contributed by atoms with Crippen molar-refractivity contribution in [3.05, 3.63) is 30.3 Å². The van der Waals surface area contributed by atoms with Gasteiger partial charge >= 0.3 is 0 Å². The van der Waals surface area contributed by atoms with Gasteiger partial charge in [0.15, 0.2) is 15.8 Å². The average molecular weight is 480 g/mol. The van der Waals surface area contributed by atoms with Crippen LogP contribution >= 0.6 is 24.0 Å². The minimum Gasteiger partial charge on any atom is -0.375 e. The number of aliphatic imine (C=N–C) groups is 1.